The maximum absolute atomic E-state index is 12.9. The zero-order valence-corrected chi connectivity index (χ0v) is 20.8. The van der Waals surface area contributed by atoms with Crippen molar-refractivity contribution >= 4 is 38.9 Å². The number of amides is 1. The van der Waals surface area contributed by atoms with Gasteiger partial charge in [0.15, 0.2) is 0 Å². The molecule has 0 atom stereocenters. The third kappa shape index (κ3) is 5.77. The molecule has 1 fully saturated rings. The van der Waals surface area contributed by atoms with Gasteiger partial charge in [0.05, 0.1) is 28.8 Å². The van der Waals surface area contributed by atoms with Gasteiger partial charge in [0.25, 0.3) is 5.91 Å². The summed E-state index contributed by atoms with van der Waals surface area (Å²) < 4.78 is 32.5. The van der Waals surface area contributed by atoms with E-state index in [-0.39, 0.29) is 40.2 Å². The molecule has 2 N–H and O–H groups in total. The van der Waals surface area contributed by atoms with Crippen molar-refractivity contribution in [2.24, 2.45) is 0 Å². The Hall–Kier alpha value is -2.90. The van der Waals surface area contributed by atoms with Crippen LogP contribution in [0.5, 0.6) is 0 Å². The molecule has 2 aromatic rings. The van der Waals surface area contributed by atoms with Crippen molar-refractivity contribution < 1.29 is 17.9 Å². The van der Waals surface area contributed by atoms with Crippen LogP contribution < -0.4 is 10.6 Å². The molecule has 1 aliphatic rings. The summed E-state index contributed by atoms with van der Waals surface area (Å²) in [6, 6.07) is 11.9. The monoisotopic (exact) mass is 502 g/mol. The molecule has 0 unspecified atom stereocenters. The normalized spacial score (nSPS) is 15.1. The van der Waals surface area contributed by atoms with Gasteiger partial charge in [-0.1, -0.05) is 43.6 Å². The van der Waals surface area contributed by atoms with E-state index in [1.807, 2.05) is 45.0 Å². The minimum Gasteiger partial charge on any atom is -0.379 e. The Bertz CT molecular complexity index is 1250. The molecule has 180 valence electrons. The number of carbonyl (C=O) groups is 1. The van der Waals surface area contributed by atoms with Crippen LogP contribution in [0.15, 0.2) is 53.1 Å². The van der Waals surface area contributed by atoms with Gasteiger partial charge in [0.1, 0.15) is 11.6 Å². The third-order valence-electron chi connectivity index (χ3n) is 5.45. The highest BCUT2D eigenvalue weighted by Crippen LogP contribution is 2.29. The zero-order chi connectivity index (χ0) is 24.9. The van der Waals surface area contributed by atoms with Gasteiger partial charge in [-0.2, -0.15) is 9.57 Å². The number of benzene rings is 2. The highest BCUT2D eigenvalue weighted by Gasteiger charge is 2.27. The molecule has 0 saturated carbocycles. The Balaban J connectivity index is 1.83. The number of anilines is 2. The maximum Gasteiger partial charge on any atom is 0.267 e. The Kier molecular flexibility index (Phi) is 8.33. The Labute approximate surface area is 205 Å². The van der Waals surface area contributed by atoms with Crippen LogP contribution in [0.4, 0.5) is 11.4 Å². The predicted octanol–water partition coefficient (Wildman–Crippen LogP) is 4.25. The number of hydrogen-bond donors (Lipinski definition) is 2. The van der Waals surface area contributed by atoms with Gasteiger partial charge in [-0.25, -0.2) is 8.42 Å². The molecule has 34 heavy (non-hydrogen) atoms. The number of para-hydroxylation sites is 1. The number of rotatable bonds is 7. The summed E-state index contributed by atoms with van der Waals surface area (Å²) in [6.45, 7) is 7.13. The van der Waals surface area contributed by atoms with Crippen LogP contribution in [-0.4, -0.2) is 44.9 Å². The number of nitriles is 1. The number of ether oxygens (including phenoxy) is 1. The average Bonchev–Trinajstić information content (AvgIpc) is 2.82. The lowest BCUT2D eigenvalue weighted by Crippen LogP contribution is -2.40. The Morgan fingerprint density at radius 3 is 2.59 bits per heavy atom. The van der Waals surface area contributed by atoms with Gasteiger partial charge < -0.3 is 15.4 Å². The lowest BCUT2D eigenvalue weighted by atomic mass is 9.98. The molecule has 1 heterocycles. The van der Waals surface area contributed by atoms with E-state index in [4.69, 9.17) is 16.3 Å². The van der Waals surface area contributed by atoms with Gasteiger partial charge in [-0.15, -0.1) is 0 Å². The minimum absolute atomic E-state index is 0.0548. The highest BCUT2D eigenvalue weighted by atomic mass is 35.5. The summed E-state index contributed by atoms with van der Waals surface area (Å²) in [4.78, 5) is 12.9. The molecule has 1 saturated heterocycles. The quantitative estimate of drug-likeness (QED) is 0.432. The van der Waals surface area contributed by atoms with Crippen molar-refractivity contribution in [1.29, 1.82) is 5.26 Å². The fourth-order valence-electron chi connectivity index (χ4n) is 3.53. The third-order valence-corrected chi connectivity index (χ3v) is 7.67. The van der Waals surface area contributed by atoms with Crippen LogP contribution in [0.1, 0.15) is 30.9 Å². The molecule has 10 heteroatoms. The Morgan fingerprint density at radius 2 is 1.94 bits per heavy atom. The van der Waals surface area contributed by atoms with E-state index in [1.54, 1.807) is 0 Å². The summed E-state index contributed by atoms with van der Waals surface area (Å²) >= 11 is 6.24. The second-order valence-electron chi connectivity index (χ2n) is 8.12. The molecular weight excluding hydrogens is 476 g/mol. The van der Waals surface area contributed by atoms with Gasteiger partial charge in [0, 0.05) is 25.0 Å². The molecule has 0 aromatic heterocycles. The van der Waals surface area contributed by atoms with Crippen LogP contribution in [0.2, 0.25) is 5.02 Å². The van der Waals surface area contributed by atoms with Gasteiger partial charge in [0.2, 0.25) is 10.0 Å². The van der Waals surface area contributed by atoms with E-state index in [9.17, 15) is 18.5 Å². The SMILES string of the molecule is Cc1cccc(C(C)C)c1NC(=O)/C(C#N)=C\Nc1cc(S(=O)(=O)N2CCOCC2)ccc1Cl. The number of halogens is 1. The van der Waals surface area contributed by atoms with Gasteiger partial charge in [-0.05, 0) is 42.2 Å². The first kappa shape index (κ1) is 25.7. The number of aryl methyl sites for hydroxylation is 1. The number of hydrogen-bond acceptors (Lipinski definition) is 6. The summed E-state index contributed by atoms with van der Waals surface area (Å²) in [5.41, 5.74) is 2.59. The van der Waals surface area contributed by atoms with Gasteiger partial charge in [-0.3, -0.25) is 4.79 Å². The molecule has 1 aliphatic heterocycles. The van der Waals surface area contributed by atoms with E-state index in [0.29, 0.717) is 18.9 Å². The molecule has 8 nitrogen and oxygen atoms in total. The highest BCUT2D eigenvalue weighted by molar-refractivity contribution is 7.89. The lowest BCUT2D eigenvalue weighted by Gasteiger charge is -2.26. The smallest absolute Gasteiger partial charge is 0.267 e. The van der Waals surface area contributed by atoms with Crippen molar-refractivity contribution in [3.05, 3.63) is 64.3 Å². The van der Waals surface area contributed by atoms with Crippen LogP contribution in [-0.2, 0) is 19.6 Å². The average molecular weight is 503 g/mol. The Morgan fingerprint density at radius 1 is 1.24 bits per heavy atom. The van der Waals surface area contributed by atoms with Crippen molar-refractivity contribution in [3.8, 4) is 6.07 Å². The molecule has 3 rings (SSSR count). The van der Waals surface area contributed by atoms with Crippen molar-refractivity contribution in [1.82, 2.24) is 4.31 Å². The number of nitrogens with one attached hydrogen (secondary N) is 2. The lowest BCUT2D eigenvalue weighted by molar-refractivity contribution is -0.112. The summed E-state index contributed by atoms with van der Waals surface area (Å²) in [6.07, 6.45) is 1.22. The fraction of sp³-hybridized carbons (Fsp3) is 0.333. The largest absolute Gasteiger partial charge is 0.379 e. The van der Waals surface area contributed by atoms with Crippen molar-refractivity contribution in [2.75, 3.05) is 36.9 Å². The predicted molar refractivity (Wildman–Crippen MR) is 132 cm³/mol. The van der Waals surface area contributed by atoms with Crippen LogP contribution in [0.25, 0.3) is 0 Å². The molecule has 0 bridgehead atoms. The minimum atomic E-state index is -3.73. The van der Waals surface area contributed by atoms with E-state index >= 15 is 0 Å². The number of nitrogens with zero attached hydrogens (tertiary/aromatic N) is 2. The molecule has 2 aromatic carbocycles. The molecule has 0 spiro atoms. The van der Waals surface area contributed by atoms with E-state index in [2.05, 4.69) is 10.6 Å². The van der Waals surface area contributed by atoms with Crippen LogP contribution >= 0.6 is 11.6 Å². The first-order valence-electron chi connectivity index (χ1n) is 10.8. The molecule has 0 radical (unpaired) electrons. The zero-order valence-electron chi connectivity index (χ0n) is 19.3. The maximum atomic E-state index is 12.9. The number of sulfonamides is 1. The topological polar surface area (TPSA) is 112 Å². The standard InChI is InChI=1S/C24H27ClN4O4S/c1-16(2)20-6-4-5-17(3)23(20)28-24(30)18(14-26)15-27-22-13-19(7-8-21(22)25)34(31,32)29-9-11-33-12-10-29/h4-8,13,15-16,27H,9-12H2,1-3H3,(H,28,30)/b18-15-. The summed E-state index contributed by atoms with van der Waals surface area (Å²) in [7, 11) is -3.73. The first-order chi connectivity index (χ1) is 16.1. The fourth-order valence-corrected chi connectivity index (χ4v) is 5.14. The van der Waals surface area contributed by atoms with Crippen LogP contribution in [0.3, 0.4) is 0 Å². The van der Waals surface area contributed by atoms with E-state index < -0.39 is 15.9 Å². The second-order valence-corrected chi connectivity index (χ2v) is 10.5. The number of morpholine rings is 1. The van der Waals surface area contributed by atoms with Crippen molar-refractivity contribution in [3.63, 3.8) is 0 Å². The van der Waals surface area contributed by atoms with E-state index in [1.165, 1.54) is 28.7 Å². The number of carbonyl (C=O) groups excluding carboxylic acids is 1. The van der Waals surface area contributed by atoms with Crippen molar-refractivity contribution in [2.45, 2.75) is 31.6 Å². The molecular formula is C24H27ClN4O4S. The summed E-state index contributed by atoms with van der Waals surface area (Å²) in [5.74, 6) is -0.405. The first-order valence-corrected chi connectivity index (χ1v) is 12.6. The second kappa shape index (κ2) is 11.0. The van der Waals surface area contributed by atoms with Gasteiger partial charge >= 0.3 is 0 Å². The molecule has 1 amide bonds. The van der Waals surface area contributed by atoms with E-state index in [0.717, 1.165) is 11.1 Å². The summed E-state index contributed by atoms with van der Waals surface area (Å²) in [5, 5.41) is 15.4. The molecule has 0 aliphatic carbocycles. The van der Waals surface area contributed by atoms with Crippen LogP contribution in [0, 0.1) is 18.3 Å².